The van der Waals surface area contributed by atoms with Gasteiger partial charge in [-0.15, -0.1) is 0 Å². The molecule has 0 aliphatic heterocycles. The van der Waals surface area contributed by atoms with Crippen molar-refractivity contribution in [2.75, 3.05) is 0 Å². The molecular weight excluding hydrogens is 303 g/mol. The van der Waals surface area contributed by atoms with Gasteiger partial charge in [-0.1, -0.05) is 32.1 Å². The Morgan fingerprint density at radius 1 is 1.13 bits per heavy atom. The van der Waals surface area contributed by atoms with E-state index < -0.39 is 17.5 Å². The zero-order chi connectivity index (χ0) is 16.8. The molecule has 2 nitrogen and oxygen atoms in total. The highest BCUT2D eigenvalue weighted by Crippen LogP contribution is 2.33. The van der Waals surface area contributed by atoms with E-state index in [4.69, 9.17) is 0 Å². The van der Waals surface area contributed by atoms with E-state index in [1.165, 1.54) is 0 Å². The SMILES string of the molecule is CC1(C)CC=Cc2cc(Cc3ccc(F)c(F)c3F)c(=O)[nH]c21. The first kappa shape index (κ1) is 15.6. The van der Waals surface area contributed by atoms with E-state index in [2.05, 4.69) is 4.98 Å². The average Bonchev–Trinajstić information content (AvgIpc) is 2.49. The van der Waals surface area contributed by atoms with Crippen LogP contribution in [-0.4, -0.2) is 4.98 Å². The Balaban J connectivity index is 2.05. The van der Waals surface area contributed by atoms with Gasteiger partial charge in [0.1, 0.15) is 0 Å². The lowest BCUT2D eigenvalue weighted by Gasteiger charge is -2.28. The van der Waals surface area contributed by atoms with E-state index in [-0.39, 0.29) is 23.0 Å². The molecule has 0 atom stereocenters. The third kappa shape index (κ3) is 2.71. The predicted molar refractivity (Wildman–Crippen MR) is 82.9 cm³/mol. The topological polar surface area (TPSA) is 32.9 Å². The number of allylic oxidation sites excluding steroid dienone is 1. The maximum Gasteiger partial charge on any atom is 0.251 e. The Kier molecular flexibility index (Phi) is 3.66. The van der Waals surface area contributed by atoms with Crippen molar-refractivity contribution >= 4 is 6.08 Å². The number of pyridine rings is 1. The summed E-state index contributed by atoms with van der Waals surface area (Å²) in [6, 6.07) is 3.71. The van der Waals surface area contributed by atoms with Crippen LogP contribution in [0.15, 0.2) is 29.1 Å². The molecule has 1 aliphatic carbocycles. The Bertz CT molecular complexity index is 865. The van der Waals surface area contributed by atoms with Gasteiger partial charge in [-0.3, -0.25) is 4.79 Å². The molecule has 1 N–H and O–H groups in total. The van der Waals surface area contributed by atoms with Gasteiger partial charge in [0.15, 0.2) is 17.5 Å². The molecule has 5 heteroatoms. The van der Waals surface area contributed by atoms with Gasteiger partial charge in [0.25, 0.3) is 5.56 Å². The van der Waals surface area contributed by atoms with Gasteiger partial charge in [0.05, 0.1) is 0 Å². The molecule has 0 spiro atoms. The first-order valence-corrected chi connectivity index (χ1v) is 7.35. The second-order valence-corrected chi connectivity index (χ2v) is 6.46. The van der Waals surface area contributed by atoms with Gasteiger partial charge < -0.3 is 4.98 Å². The molecule has 3 rings (SSSR count). The number of hydrogen-bond donors (Lipinski definition) is 1. The smallest absolute Gasteiger partial charge is 0.251 e. The summed E-state index contributed by atoms with van der Waals surface area (Å²) < 4.78 is 40.1. The standard InChI is InChI=1S/C18H16F3NO/c1-18(2)7-3-4-11-9-12(17(23)22-16(11)18)8-10-5-6-13(19)15(21)14(10)20/h3-6,9H,7-8H2,1-2H3,(H,22,23). The van der Waals surface area contributed by atoms with Gasteiger partial charge in [0, 0.05) is 23.1 Å². The van der Waals surface area contributed by atoms with Crippen molar-refractivity contribution in [1.82, 2.24) is 4.98 Å². The third-order valence-electron chi connectivity index (χ3n) is 4.25. The number of halogens is 3. The van der Waals surface area contributed by atoms with Crippen LogP contribution in [0.5, 0.6) is 0 Å². The Labute approximate surface area is 131 Å². The van der Waals surface area contributed by atoms with Crippen LogP contribution in [0.4, 0.5) is 13.2 Å². The molecule has 0 saturated heterocycles. The molecule has 0 amide bonds. The van der Waals surface area contributed by atoms with E-state index in [0.29, 0.717) is 5.56 Å². The van der Waals surface area contributed by atoms with Crippen molar-refractivity contribution in [2.24, 2.45) is 0 Å². The fourth-order valence-electron chi connectivity index (χ4n) is 2.90. The summed E-state index contributed by atoms with van der Waals surface area (Å²) in [5.74, 6) is -4.01. The van der Waals surface area contributed by atoms with Gasteiger partial charge in [-0.25, -0.2) is 13.2 Å². The van der Waals surface area contributed by atoms with Crippen LogP contribution in [-0.2, 0) is 11.8 Å². The van der Waals surface area contributed by atoms with E-state index in [0.717, 1.165) is 29.8 Å². The molecule has 120 valence electrons. The molecule has 1 heterocycles. The summed E-state index contributed by atoms with van der Waals surface area (Å²) in [7, 11) is 0. The highest BCUT2D eigenvalue weighted by atomic mass is 19.2. The molecule has 0 radical (unpaired) electrons. The number of benzene rings is 1. The summed E-state index contributed by atoms with van der Waals surface area (Å²) in [5, 5.41) is 0. The highest BCUT2D eigenvalue weighted by molar-refractivity contribution is 5.58. The van der Waals surface area contributed by atoms with Crippen molar-refractivity contribution in [3.05, 3.63) is 74.5 Å². The lowest BCUT2D eigenvalue weighted by molar-refractivity contribution is 0.442. The van der Waals surface area contributed by atoms with E-state index in [1.807, 2.05) is 26.0 Å². The van der Waals surface area contributed by atoms with Crippen molar-refractivity contribution in [3.8, 4) is 0 Å². The zero-order valence-electron chi connectivity index (χ0n) is 12.8. The molecule has 23 heavy (non-hydrogen) atoms. The maximum absolute atomic E-state index is 13.8. The van der Waals surface area contributed by atoms with Gasteiger partial charge in [-0.2, -0.15) is 0 Å². The minimum absolute atomic E-state index is 0.0478. The Morgan fingerprint density at radius 2 is 1.87 bits per heavy atom. The van der Waals surface area contributed by atoms with Gasteiger partial charge in [-0.05, 0) is 29.7 Å². The van der Waals surface area contributed by atoms with Gasteiger partial charge >= 0.3 is 0 Å². The second-order valence-electron chi connectivity index (χ2n) is 6.46. The zero-order valence-corrected chi connectivity index (χ0v) is 12.8. The lowest BCUT2D eigenvalue weighted by Crippen LogP contribution is -2.27. The van der Waals surface area contributed by atoms with Crippen molar-refractivity contribution in [2.45, 2.75) is 32.1 Å². The van der Waals surface area contributed by atoms with Crippen LogP contribution in [0.1, 0.15) is 42.7 Å². The van der Waals surface area contributed by atoms with Crippen molar-refractivity contribution < 1.29 is 13.2 Å². The predicted octanol–water partition coefficient (Wildman–Crippen LogP) is 4.08. The van der Waals surface area contributed by atoms with Crippen LogP contribution in [0.25, 0.3) is 6.08 Å². The Hall–Kier alpha value is -2.30. The number of aromatic nitrogens is 1. The number of aromatic amines is 1. The molecular formula is C18H16F3NO. The number of fused-ring (bicyclic) bond motifs is 1. The fraction of sp³-hybridized carbons (Fsp3) is 0.278. The first-order chi connectivity index (χ1) is 10.8. The summed E-state index contributed by atoms with van der Waals surface area (Å²) in [6.07, 6.45) is 4.64. The minimum Gasteiger partial charge on any atom is -0.325 e. The number of H-pyrrole nitrogens is 1. The Morgan fingerprint density at radius 3 is 2.61 bits per heavy atom. The van der Waals surface area contributed by atoms with Crippen LogP contribution < -0.4 is 5.56 Å². The van der Waals surface area contributed by atoms with Crippen LogP contribution in [0, 0.1) is 17.5 Å². The van der Waals surface area contributed by atoms with Gasteiger partial charge in [0.2, 0.25) is 0 Å². The number of nitrogens with one attached hydrogen (secondary N) is 1. The molecule has 0 bridgehead atoms. The molecule has 1 aliphatic rings. The maximum atomic E-state index is 13.8. The largest absolute Gasteiger partial charge is 0.325 e. The fourth-order valence-corrected chi connectivity index (χ4v) is 2.90. The minimum atomic E-state index is -1.52. The van der Waals surface area contributed by atoms with E-state index in [1.54, 1.807) is 6.07 Å². The molecule has 2 aromatic rings. The summed E-state index contributed by atoms with van der Waals surface area (Å²) in [6.45, 7) is 4.06. The molecule has 1 aromatic carbocycles. The molecule has 1 aromatic heterocycles. The summed E-state index contributed by atoms with van der Waals surface area (Å²) >= 11 is 0. The number of hydrogen-bond acceptors (Lipinski definition) is 1. The molecule has 0 unspecified atom stereocenters. The van der Waals surface area contributed by atoms with Crippen molar-refractivity contribution in [3.63, 3.8) is 0 Å². The monoisotopic (exact) mass is 319 g/mol. The van der Waals surface area contributed by atoms with E-state index >= 15 is 0 Å². The average molecular weight is 319 g/mol. The molecule has 0 saturated carbocycles. The number of rotatable bonds is 2. The van der Waals surface area contributed by atoms with Crippen LogP contribution in [0.3, 0.4) is 0 Å². The summed E-state index contributed by atoms with van der Waals surface area (Å²) in [4.78, 5) is 15.1. The summed E-state index contributed by atoms with van der Waals surface area (Å²) in [5.41, 5.74) is 1.44. The van der Waals surface area contributed by atoms with Crippen LogP contribution >= 0.6 is 0 Å². The lowest BCUT2D eigenvalue weighted by atomic mass is 9.79. The normalized spacial score (nSPS) is 15.5. The first-order valence-electron chi connectivity index (χ1n) is 7.35. The third-order valence-corrected chi connectivity index (χ3v) is 4.25. The van der Waals surface area contributed by atoms with Crippen LogP contribution in [0.2, 0.25) is 0 Å². The quantitative estimate of drug-likeness (QED) is 0.831. The van der Waals surface area contributed by atoms with Crippen molar-refractivity contribution in [1.29, 1.82) is 0 Å². The second kappa shape index (κ2) is 5.41. The highest BCUT2D eigenvalue weighted by Gasteiger charge is 2.26. The molecule has 0 fully saturated rings. The van der Waals surface area contributed by atoms with E-state index in [9.17, 15) is 18.0 Å².